The van der Waals surface area contributed by atoms with Gasteiger partial charge in [0.1, 0.15) is 23.1 Å². The van der Waals surface area contributed by atoms with Crippen LogP contribution >= 0.6 is 11.3 Å². The monoisotopic (exact) mass is 349 g/mol. The van der Waals surface area contributed by atoms with Gasteiger partial charge in [-0.3, -0.25) is 0 Å². The van der Waals surface area contributed by atoms with E-state index in [0.29, 0.717) is 6.61 Å². The molecule has 7 heteroatoms. The van der Waals surface area contributed by atoms with Crippen molar-refractivity contribution in [2.24, 2.45) is 0 Å². The van der Waals surface area contributed by atoms with Crippen molar-refractivity contribution in [3.05, 3.63) is 40.2 Å². The molecule has 0 saturated carbocycles. The number of carbonyl (C=O) groups is 1. The van der Waals surface area contributed by atoms with Gasteiger partial charge in [-0.2, -0.15) is 0 Å². The largest absolute Gasteiger partial charge is 0.461 e. The summed E-state index contributed by atoms with van der Waals surface area (Å²) in [7, 11) is 1.64. The van der Waals surface area contributed by atoms with Crippen LogP contribution in [0.5, 0.6) is 0 Å². The lowest BCUT2D eigenvalue weighted by Gasteiger charge is -2.26. The molecule has 2 atom stereocenters. The molecule has 6 nitrogen and oxygen atoms in total. The summed E-state index contributed by atoms with van der Waals surface area (Å²) in [5.74, 6) is 1.62. The molecule has 2 aromatic heterocycles. The fraction of sp³-hybridized carbons (Fsp3) is 0.529. The van der Waals surface area contributed by atoms with Crippen molar-refractivity contribution in [1.29, 1.82) is 0 Å². The minimum Gasteiger partial charge on any atom is -0.461 e. The van der Waals surface area contributed by atoms with E-state index < -0.39 is 0 Å². The summed E-state index contributed by atoms with van der Waals surface area (Å²) >= 11 is 1.57. The van der Waals surface area contributed by atoms with E-state index in [2.05, 4.69) is 17.2 Å². The second-order valence-electron chi connectivity index (χ2n) is 5.87. The van der Waals surface area contributed by atoms with Crippen molar-refractivity contribution in [2.45, 2.75) is 44.9 Å². The van der Waals surface area contributed by atoms with Crippen LogP contribution in [0.1, 0.15) is 54.8 Å². The van der Waals surface area contributed by atoms with Crippen molar-refractivity contribution in [2.75, 3.05) is 13.7 Å². The third kappa shape index (κ3) is 3.62. The Balaban J connectivity index is 1.68. The zero-order chi connectivity index (χ0) is 16.9. The first kappa shape index (κ1) is 17.0. The number of furan rings is 1. The number of amides is 2. The van der Waals surface area contributed by atoms with E-state index in [0.717, 1.165) is 42.3 Å². The van der Waals surface area contributed by atoms with Gasteiger partial charge in [-0.05, 0) is 31.4 Å². The summed E-state index contributed by atoms with van der Waals surface area (Å²) in [4.78, 5) is 18.9. The van der Waals surface area contributed by atoms with Crippen LogP contribution in [0.3, 0.4) is 0 Å². The van der Waals surface area contributed by atoms with E-state index in [-0.39, 0.29) is 18.1 Å². The Morgan fingerprint density at radius 1 is 1.58 bits per heavy atom. The van der Waals surface area contributed by atoms with Gasteiger partial charge in [-0.1, -0.05) is 6.92 Å². The summed E-state index contributed by atoms with van der Waals surface area (Å²) in [5.41, 5.74) is 0. The van der Waals surface area contributed by atoms with Crippen LogP contribution in [0.2, 0.25) is 0 Å². The summed E-state index contributed by atoms with van der Waals surface area (Å²) in [6, 6.07) is 3.76. The SMILES string of the molecule is CC[C@@H](NC(=O)N1CCC[C@@H]1c1ccc(COC)o1)c1nccs1. The molecule has 0 bridgehead atoms. The molecule has 0 spiro atoms. The van der Waals surface area contributed by atoms with E-state index in [9.17, 15) is 4.79 Å². The normalized spacial score (nSPS) is 18.8. The van der Waals surface area contributed by atoms with Crippen LogP contribution in [0, 0.1) is 0 Å². The van der Waals surface area contributed by atoms with Gasteiger partial charge < -0.3 is 19.4 Å². The second kappa shape index (κ2) is 7.81. The molecule has 0 radical (unpaired) electrons. The highest BCUT2D eigenvalue weighted by atomic mass is 32.1. The molecule has 1 aliphatic rings. The van der Waals surface area contributed by atoms with Gasteiger partial charge in [0.2, 0.25) is 0 Å². The van der Waals surface area contributed by atoms with Crippen molar-refractivity contribution in [3.8, 4) is 0 Å². The van der Waals surface area contributed by atoms with E-state index in [1.54, 1.807) is 24.6 Å². The number of thiazole rings is 1. The van der Waals surface area contributed by atoms with Crippen LogP contribution in [-0.2, 0) is 11.3 Å². The van der Waals surface area contributed by atoms with E-state index in [1.807, 2.05) is 22.4 Å². The van der Waals surface area contributed by atoms with E-state index in [4.69, 9.17) is 9.15 Å². The predicted molar refractivity (Wildman–Crippen MR) is 91.8 cm³/mol. The molecule has 130 valence electrons. The number of rotatable bonds is 6. The Kier molecular flexibility index (Phi) is 5.52. The molecule has 0 unspecified atom stereocenters. The number of methoxy groups -OCH3 is 1. The molecule has 3 heterocycles. The average Bonchev–Trinajstić information content (AvgIpc) is 3.31. The Labute approximate surface area is 145 Å². The third-order valence-electron chi connectivity index (χ3n) is 4.27. The van der Waals surface area contributed by atoms with Gasteiger partial charge in [-0.15, -0.1) is 11.3 Å². The lowest BCUT2D eigenvalue weighted by atomic mass is 10.1. The predicted octanol–water partition coefficient (Wildman–Crippen LogP) is 3.88. The summed E-state index contributed by atoms with van der Waals surface area (Å²) in [6.07, 6.45) is 4.48. The Morgan fingerprint density at radius 3 is 3.17 bits per heavy atom. The minimum absolute atomic E-state index is 0.00981. The van der Waals surface area contributed by atoms with Crippen molar-refractivity contribution < 1.29 is 13.9 Å². The number of urea groups is 1. The fourth-order valence-electron chi connectivity index (χ4n) is 3.08. The lowest BCUT2D eigenvalue weighted by Crippen LogP contribution is -2.41. The van der Waals surface area contributed by atoms with Gasteiger partial charge in [0.05, 0.1) is 12.1 Å². The molecular weight excluding hydrogens is 326 g/mol. The molecule has 0 aliphatic carbocycles. The van der Waals surface area contributed by atoms with Crippen LogP contribution in [0.15, 0.2) is 28.1 Å². The lowest BCUT2D eigenvalue weighted by molar-refractivity contribution is 0.155. The molecule has 24 heavy (non-hydrogen) atoms. The number of likely N-dealkylation sites (tertiary alicyclic amines) is 1. The summed E-state index contributed by atoms with van der Waals surface area (Å²) < 4.78 is 10.9. The molecule has 1 aliphatic heterocycles. The van der Waals surface area contributed by atoms with Crippen molar-refractivity contribution >= 4 is 17.4 Å². The molecule has 0 aromatic carbocycles. The fourth-order valence-corrected chi connectivity index (χ4v) is 3.85. The molecule has 3 rings (SSSR count). The number of carbonyl (C=O) groups excluding carboxylic acids is 1. The Morgan fingerprint density at radius 2 is 2.46 bits per heavy atom. The van der Waals surface area contributed by atoms with Crippen molar-refractivity contribution in [1.82, 2.24) is 15.2 Å². The minimum atomic E-state index is -0.0516. The topological polar surface area (TPSA) is 67.6 Å². The molecule has 1 fully saturated rings. The molecule has 2 amide bonds. The highest BCUT2D eigenvalue weighted by Crippen LogP contribution is 2.33. The second-order valence-corrected chi connectivity index (χ2v) is 6.80. The first-order valence-electron chi connectivity index (χ1n) is 8.27. The van der Waals surface area contributed by atoms with Gasteiger partial charge in [0, 0.05) is 25.2 Å². The Hall–Kier alpha value is -1.86. The summed E-state index contributed by atoms with van der Waals surface area (Å²) in [6.45, 7) is 3.24. The van der Waals surface area contributed by atoms with Crippen LogP contribution in [0.4, 0.5) is 4.79 Å². The van der Waals surface area contributed by atoms with E-state index in [1.165, 1.54) is 0 Å². The highest BCUT2D eigenvalue weighted by Gasteiger charge is 2.33. The Bertz CT molecular complexity index is 656. The first-order chi connectivity index (χ1) is 11.7. The number of nitrogens with one attached hydrogen (secondary N) is 1. The van der Waals surface area contributed by atoms with Crippen LogP contribution in [0.25, 0.3) is 0 Å². The zero-order valence-electron chi connectivity index (χ0n) is 14.0. The maximum absolute atomic E-state index is 12.8. The van der Waals surface area contributed by atoms with Gasteiger partial charge in [0.15, 0.2) is 0 Å². The molecule has 1 N–H and O–H groups in total. The van der Waals surface area contributed by atoms with Crippen molar-refractivity contribution in [3.63, 3.8) is 0 Å². The average molecular weight is 349 g/mol. The van der Waals surface area contributed by atoms with Gasteiger partial charge >= 0.3 is 6.03 Å². The van der Waals surface area contributed by atoms with Gasteiger partial charge in [-0.25, -0.2) is 9.78 Å². The van der Waals surface area contributed by atoms with Gasteiger partial charge in [0.25, 0.3) is 0 Å². The number of hydrogen-bond donors (Lipinski definition) is 1. The van der Waals surface area contributed by atoms with Crippen LogP contribution in [-0.4, -0.2) is 29.6 Å². The maximum Gasteiger partial charge on any atom is 0.318 e. The quantitative estimate of drug-likeness (QED) is 0.859. The number of hydrogen-bond acceptors (Lipinski definition) is 5. The standard InChI is InChI=1S/C17H23N3O3S/c1-3-13(16-18-8-10-24-16)19-17(21)20-9-4-5-14(20)15-7-6-12(23-15)11-22-2/h6-8,10,13-14H,3-5,9,11H2,1-2H3,(H,19,21)/t13-,14-/m1/s1. The van der Waals surface area contributed by atoms with Crippen LogP contribution < -0.4 is 5.32 Å². The van der Waals surface area contributed by atoms with E-state index >= 15 is 0 Å². The zero-order valence-corrected chi connectivity index (χ0v) is 14.8. The number of nitrogens with zero attached hydrogens (tertiary/aromatic N) is 2. The number of aromatic nitrogens is 1. The summed E-state index contributed by atoms with van der Waals surface area (Å²) in [5, 5.41) is 5.99. The number of ether oxygens (including phenoxy) is 1. The molecule has 2 aromatic rings. The smallest absolute Gasteiger partial charge is 0.318 e. The molecular formula is C17H23N3O3S. The first-order valence-corrected chi connectivity index (χ1v) is 9.15. The third-order valence-corrected chi connectivity index (χ3v) is 5.16. The molecule has 1 saturated heterocycles. The highest BCUT2D eigenvalue weighted by molar-refractivity contribution is 7.09. The maximum atomic E-state index is 12.8.